The van der Waals surface area contributed by atoms with Gasteiger partial charge in [-0.3, -0.25) is 0 Å². The van der Waals surface area contributed by atoms with Gasteiger partial charge in [0.1, 0.15) is 0 Å². The summed E-state index contributed by atoms with van der Waals surface area (Å²) in [5.41, 5.74) is -0.403. The van der Waals surface area contributed by atoms with Gasteiger partial charge in [0, 0.05) is 0 Å². The molecule has 2 rings (SSSR count). The molecule has 1 unspecified atom stereocenters. The number of ether oxygens (including phenoxy) is 3. The van der Waals surface area contributed by atoms with Crippen molar-refractivity contribution in [1.29, 1.82) is 0 Å². The minimum Gasteiger partial charge on any atom is -0.327 e. The number of benzene rings is 2. The summed E-state index contributed by atoms with van der Waals surface area (Å²) in [6.45, 7) is 8.71. The van der Waals surface area contributed by atoms with Crippen LogP contribution in [0.15, 0.2) is 24.3 Å². The molecular formula is C29H39F5O3. The van der Waals surface area contributed by atoms with E-state index in [1.165, 1.54) is 37.8 Å². The van der Waals surface area contributed by atoms with E-state index in [1.54, 1.807) is 12.1 Å². The first kappa shape index (κ1) is 31.2. The predicted octanol–water partition coefficient (Wildman–Crippen LogP) is 9.38. The maximum Gasteiger partial charge on any atom is 0.272 e. The van der Waals surface area contributed by atoms with E-state index in [0.29, 0.717) is 12.0 Å². The number of hydrogen-bond donors (Lipinski definition) is 0. The summed E-state index contributed by atoms with van der Waals surface area (Å²) in [4.78, 5) is 0. The van der Waals surface area contributed by atoms with Crippen LogP contribution in [0.1, 0.15) is 97.7 Å². The van der Waals surface area contributed by atoms with Crippen LogP contribution < -0.4 is 0 Å². The van der Waals surface area contributed by atoms with Gasteiger partial charge < -0.3 is 14.2 Å². The maximum atomic E-state index is 14.3. The van der Waals surface area contributed by atoms with Crippen LogP contribution in [0, 0.1) is 29.1 Å². The summed E-state index contributed by atoms with van der Waals surface area (Å²) >= 11 is 0. The Kier molecular flexibility index (Phi) is 13.0. The lowest BCUT2D eigenvalue weighted by atomic mass is 9.97. The molecule has 2 aromatic rings. The van der Waals surface area contributed by atoms with Gasteiger partial charge in [-0.15, -0.1) is 0 Å². The second-order valence-corrected chi connectivity index (χ2v) is 9.76. The second kappa shape index (κ2) is 15.4. The predicted molar refractivity (Wildman–Crippen MR) is 134 cm³/mol. The molecule has 0 aliphatic carbocycles. The first-order chi connectivity index (χ1) is 17.6. The normalized spacial score (nSPS) is 12.8. The fourth-order valence-electron chi connectivity index (χ4n) is 4.00. The lowest BCUT2D eigenvalue weighted by Gasteiger charge is -2.28. The Morgan fingerprint density at radius 2 is 1.05 bits per heavy atom. The van der Waals surface area contributed by atoms with Crippen LogP contribution in [-0.4, -0.2) is 18.7 Å². The summed E-state index contributed by atoms with van der Waals surface area (Å²) in [5, 5.41) is 0. The number of unbranched alkanes of at least 4 members (excludes halogenated alkanes) is 6. The van der Waals surface area contributed by atoms with Gasteiger partial charge >= 0.3 is 0 Å². The van der Waals surface area contributed by atoms with Crippen molar-refractivity contribution in [3.8, 4) is 11.1 Å². The van der Waals surface area contributed by atoms with Crippen molar-refractivity contribution < 1.29 is 36.2 Å². The highest BCUT2D eigenvalue weighted by atomic mass is 19.2. The highest BCUT2D eigenvalue weighted by molar-refractivity contribution is 5.65. The Bertz CT molecular complexity index is 924. The molecule has 3 nitrogen and oxygen atoms in total. The van der Waals surface area contributed by atoms with Crippen molar-refractivity contribution in [2.45, 2.75) is 111 Å². The highest BCUT2D eigenvalue weighted by Gasteiger charge is 2.27. The molecule has 0 N–H and O–H groups in total. The molecule has 0 fully saturated rings. The lowest BCUT2D eigenvalue weighted by Crippen LogP contribution is -2.29. The standard InChI is InChI=1S/C29H39F5O3/c1-6-7-8-9-10-11-12-13-22(37-29(35-18(2)3)36-19(4)5)20-14-16-21(17-15-20)23-24(30)26(32)28(34)27(33)25(23)31/h14-19,22,29H,6-13H2,1-5H3. The van der Waals surface area contributed by atoms with E-state index in [1.807, 2.05) is 27.7 Å². The zero-order chi connectivity index (χ0) is 27.5. The third-order valence-corrected chi connectivity index (χ3v) is 5.89. The van der Waals surface area contributed by atoms with E-state index in [9.17, 15) is 22.0 Å². The van der Waals surface area contributed by atoms with Gasteiger partial charge in [0.15, 0.2) is 23.3 Å². The molecule has 208 valence electrons. The van der Waals surface area contributed by atoms with Crippen LogP contribution in [0.2, 0.25) is 0 Å². The summed E-state index contributed by atoms with van der Waals surface area (Å²) in [6.07, 6.45) is 7.69. The zero-order valence-electron chi connectivity index (χ0n) is 22.4. The monoisotopic (exact) mass is 530 g/mol. The number of hydrogen-bond acceptors (Lipinski definition) is 3. The van der Waals surface area contributed by atoms with Gasteiger partial charge in [0.25, 0.3) is 6.48 Å². The van der Waals surface area contributed by atoms with Crippen LogP contribution in [0.4, 0.5) is 22.0 Å². The van der Waals surface area contributed by atoms with E-state index in [2.05, 4.69) is 6.92 Å². The largest absolute Gasteiger partial charge is 0.327 e. The maximum absolute atomic E-state index is 14.3. The van der Waals surface area contributed by atoms with Crippen LogP contribution >= 0.6 is 0 Å². The SMILES string of the molecule is CCCCCCCCCC(OC(OC(C)C)OC(C)C)c1ccc(-c2c(F)c(F)c(F)c(F)c2F)cc1. The molecule has 0 heterocycles. The second-order valence-electron chi connectivity index (χ2n) is 9.76. The van der Waals surface area contributed by atoms with Gasteiger partial charge in [-0.2, -0.15) is 0 Å². The molecule has 0 aromatic heterocycles. The third-order valence-electron chi connectivity index (χ3n) is 5.89. The number of halogens is 5. The van der Waals surface area contributed by atoms with Gasteiger partial charge in [-0.1, -0.05) is 76.1 Å². The Morgan fingerprint density at radius 1 is 0.595 bits per heavy atom. The molecule has 0 saturated carbocycles. The molecule has 0 aliphatic heterocycles. The van der Waals surface area contributed by atoms with Crippen molar-refractivity contribution in [1.82, 2.24) is 0 Å². The number of rotatable bonds is 16. The Hall–Kier alpha value is -2.03. The summed E-state index contributed by atoms with van der Waals surface area (Å²) < 4.78 is 87.2. The van der Waals surface area contributed by atoms with E-state index >= 15 is 0 Å². The van der Waals surface area contributed by atoms with E-state index in [-0.39, 0.29) is 17.8 Å². The van der Waals surface area contributed by atoms with E-state index in [4.69, 9.17) is 14.2 Å². The molecule has 0 bridgehead atoms. The zero-order valence-corrected chi connectivity index (χ0v) is 22.4. The Balaban J connectivity index is 2.26. The molecule has 8 heteroatoms. The first-order valence-corrected chi connectivity index (χ1v) is 13.1. The smallest absolute Gasteiger partial charge is 0.272 e. The third kappa shape index (κ3) is 9.34. The highest BCUT2D eigenvalue weighted by Crippen LogP contribution is 2.34. The minimum atomic E-state index is -2.18. The first-order valence-electron chi connectivity index (χ1n) is 13.1. The van der Waals surface area contributed by atoms with Crippen LogP contribution in [-0.2, 0) is 14.2 Å². The van der Waals surface area contributed by atoms with Gasteiger partial charge in [0.05, 0.1) is 23.9 Å². The molecule has 37 heavy (non-hydrogen) atoms. The molecule has 0 amide bonds. The van der Waals surface area contributed by atoms with Crippen molar-refractivity contribution in [2.24, 2.45) is 0 Å². The molecule has 0 spiro atoms. The van der Waals surface area contributed by atoms with Crippen LogP contribution in [0.25, 0.3) is 11.1 Å². The lowest BCUT2D eigenvalue weighted by molar-refractivity contribution is -0.328. The molecule has 0 radical (unpaired) electrons. The quantitative estimate of drug-likeness (QED) is 0.0711. The average molecular weight is 531 g/mol. The van der Waals surface area contributed by atoms with E-state index in [0.717, 1.165) is 19.3 Å². The molecule has 0 saturated heterocycles. The molecule has 0 aliphatic rings. The summed E-state index contributed by atoms with van der Waals surface area (Å²) in [5.74, 6) is -9.86. The molecule has 1 atom stereocenters. The summed E-state index contributed by atoms with van der Waals surface area (Å²) in [7, 11) is 0. The minimum absolute atomic E-state index is 0.125. The fourth-order valence-corrected chi connectivity index (χ4v) is 4.00. The molecule has 2 aromatic carbocycles. The Labute approximate surface area is 217 Å². The van der Waals surface area contributed by atoms with Crippen molar-refractivity contribution >= 4 is 0 Å². The van der Waals surface area contributed by atoms with Crippen molar-refractivity contribution in [2.75, 3.05) is 0 Å². The van der Waals surface area contributed by atoms with Crippen molar-refractivity contribution in [3.63, 3.8) is 0 Å². The van der Waals surface area contributed by atoms with Crippen molar-refractivity contribution in [3.05, 3.63) is 58.9 Å². The Morgan fingerprint density at radius 3 is 1.54 bits per heavy atom. The topological polar surface area (TPSA) is 27.7 Å². The fraction of sp³-hybridized carbons (Fsp3) is 0.586. The van der Waals surface area contributed by atoms with Crippen LogP contribution in [0.5, 0.6) is 0 Å². The van der Waals surface area contributed by atoms with Gasteiger partial charge in [-0.05, 0) is 45.2 Å². The average Bonchev–Trinajstić information content (AvgIpc) is 2.85. The molecular weight excluding hydrogens is 491 g/mol. The van der Waals surface area contributed by atoms with Gasteiger partial charge in [-0.25, -0.2) is 22.0 Å². The van der Waals surface area contributed by atoms with Crippen LogP contribution in [0.3, 0.4) is 0 Å². The summed E-state index contributed by atoms with van der Waals surface area (Å²) in [6, 6.07) is 5.80. The van der Waals surface area contributed by atoms with Gasteiger partial charge in [0.2, 0.25) is 5.82 Å². The van der Waals surface area contributed by atoms with E-state index < -0.39 is 47.2 Å².